The molecule has 2 N–H and O–H groups in total. The van der Waals surface area contributed by atoms with E-state index in [0.717, 1.165) is 19.3 Å². The maximum atomic E-state index is 10.7. The number of rotatable bonds is 12. The van der Waals surface area contributed by atoms with Crippen LogP contribution in [-0.4, -0.2) is 46.2 Å². The van der Waals surface area contributed by atoms with Crippen molar-refractivity contribution < 1.29 is 29.5 Å². The van der Waals surface area contributed by atoms with E-state index in [9.17, 15) is 15.0 Å². The van der Waals surface area contributed by atoms with Gasteiger partial charge in [0, 0.05) is 19.3 Å². The predicted molar refractivity (Wildman–Crippen MR) is 104 cm³/mol. The normalized spacial score (nSPS) is 14.2. The maximum Gasteiger partial charge on any atom is 0.305 e. The molecule has 0 rings (SSSR count). The molecule has 0 aromatic heterocycles. The number of carbonyl (C=O) groups is 1. The zero-order chi connectivity index (χ0) is 20.8. The molecule has 0 aliphatic rings. The van der Waals surface area contributed by atoms with Crippen molar-refractivity contribution in [1.82, 2.24) is 0 Å². The zero-order valence-electron chi connectivity index (χ0n) is 18.1. The van der Waals surface area contributed by atoms with Gasteiger partial charge in [-0.3, -0.25) is 4.79 Å². The summed E-state index contributed by atoms with van der Waals surface area (Å²) in [5.74, 6) is -0.0593. The molecule has 0 fully saturated rings. The molecule has 0 aromatic rings. The van der Waals surface area contributed by atoms with E-state index in [-0.39, 0.29) is 5.97 Å². The number of hydrogen-bond donors (Lipinski definition) is 2. The average molecular weight is 379 g/mol. The van der Waals surface area contributed by atoms with Crippen molar-refractivity contribution in [2.24, 2.45) is 0 Å². The summed E-state index contributed by atoms with van der Waals surface area (Å²) in [4.78, 5) is 21.4. The molecule has 2 unspecified atom stereocenters. The van der Waals surface area contributed by atoms with Crippen molar-refractivity contribution >= 4 is 5.97 Å². The minimum atomic E-state index is -0.538. The second kappa shape index (κ2) is 14.4. The van der Waals surface area contributed by atoms with Gasteiger partial charge in [0.05, 0.1) is 18.8 Å². The van der Waals surface area contributed by atoms with Gasteiger partial charge in [-0.2, -0.15) is 0 Å². The highest BCUT2D eigenvalue weighted by Gasteiger charge is 2.28. The Labute approximate surface area is 160 Å². The molecule has 0 spiro atoms. The molecule has 0 heterocycles. The first-order valence-corrected chi connectivity index (χ1v) is 9.73. The van der Waals surface area contributed by atoms with Gasteiger partial charge < -0.3 is 14.9 Å². The summed E-state index contributed by atoms with van der Waals surface area (Å²) in [7, 11) is 0. The van der Waals surface area contributed by atoms with Gasteiger partial charge in [0.1, 0.15) is 11.2 Å². The lowest BCUT2D eigenvalue weighted by atomic mass is 10.0. The molecule has 26 heavy (non-hydrogen) atoms. The lowest BCUT2D eigenvalue weighted by Crippen LogP contribution is -2.36. The van der Waals surface area contributed by atoms with E-state index in [1.165, 1.54) is 0 Å². The molecule has 0 aliphatic carbocycles. The van der Waals surface area contributed by atoms with E-state index in [4.69, 9.17) is 14.5 Å². The minimum Gasteiger partial charge on any atom is -0.466 e. The van der Waals surface area contributed by atoms with Crippen LogP contribution >= 0.6 is 0 Å². The smallest absolute Gasteiger partial charge is 0.305 e. The van der Waals surface area contributed by atoms with Gasteiger partial charge in [0.25, 0.3) is 0 Å². The van der Waals surface area contributed by atoms with Crippen molar-refractivity contribution in [2.75, 3.05) is 6.61 Å². The first kappa shape index (κ1) is 27.5. The number of ether oxygens (including phenoxy) is 1. The van der Waals surface area contributed by atoms with Crippen molar-refractivity contribution in [1.29, 1.82) is 0 Å². The second-order valence-corrected chi connectivity index (χ2v) is 8.05. The van der Waals surface area contributed by atoms with Gasteiger partial charge in [-0.15, -0.1) is 0 Å². The van der Waals surface area contributed by atoms with Crippen LogP contribution in [0.3, 0.4) is 0 Å². The molecular formula is C20H42O6. The minimum absolute atomic E-state index is 0.0593. The molecule has 6 nitrogen and oxygen atoms in total. The Morgan fingerprint density at radius 1 is 0.885 bits per heavy atom. The summed E-state index contributed by atoms with van der Waals surface area (Å²) in [6.45, 7) is 15.3. The van der Waals surface area contributed by atoms with Gasteiger partial charge in [0.2, 0.25) is 0 Å². The number of carbonyl (C=O) groups excluding carboxylic acids is 1. The van der Waals surface area contributed by atoms with E-state index in [0.29, 0.717) is 25.9 Å². The quantitative estimate of drug-likeness (QED) is 0.229. The summed E-state index contributed by atoms with van der Waals surface area (Å²) in [5, 5.41) is 18.6. The van der Waals surface area contributed by atoms with Crippen LogP contribution < -0.4 is 0 Å². The third-order valence-electron chi connectivity index (χ3n) is 3.36. The third-order valence-corrected chi connectivity index (χ3v) is 3.36. The Morgan fingerprint density at radius 3 is 1.62 bits per heavy atom. The van der Waals surface area contributed by atoms with Gasteiger partial charge in [-0.25, -0.2) is 9.78 Å². The third kappa shape index (κ3) is 19.6. The van der Waals surface area contributed by atoms with Crippen LogP contribution in [-0.2, 0) is 19.3 Å². The highest BCUT2D eigenvalue weighted by molar-refractivity contribution is 5.69. The molecule has 2 atom stereocenters. The average Bonchev–Trinajstić information content (AvgIpc) is 2.44. The van der Waals surface area contributed by atoms with Crippen molar-refractivity contribution in [3.05, 3.63) is 0 Å². The Hall–Kier alpha value is -0.690. The van der Waals surface area contributed by atoms with Crippen LogP contribution in [0.4, 0.5) is 0 Å². The zero-order valence-corrected chi connectivity index (χ0v) is 18.1. The summed E-state index contributed by atoms with van der Waals surface area (Å²) < 4.78 is 4.75. The van der Waals surface area contributed by atoms with E-state index >= 15 is 0 Å². The molecule has 0 bridgehead atoms. The molecule has 6 heteroatoms. The van der Waals surface area contributed by atoms with Crippen LogP contribution in [0.1, 0.15) is 93.9 Å². The Kier molecular flexibility index (Phi) is 15.2. The molecule has 158 valence electrons. The fourth-order valence-corrected chi connectivity index (χ4v) is 2.47. The van der Waals surface area contributed by atoms with Crippen LogP contribution in [0.5, 0.6) is 0 Å². The molecule has 0 amide bonds. The van der Waals surface area contributed by atoms with E-state index in [2.05, 4.69) is 6.92 Å². The van der Waals surface area contributed by atoms with Crippen molar-refractivity contribution in [3.8, 4) is 0 Å². The lowest BCUT2D eigenvalue weighted by molar-refractivity contribution is -0.406. The molecular weight excluding hydrogens is 336 g/mol. The van der Waals surface area contributed by atoms with E-state index in [1.807, 2.05) is 34.6 Å². The molecule has 0 radical (unpaired) electrons. The summed E-state index contributed by atoms with van der Waals surface area (Å²) in [5.41, 5.74) is -1.08. The van der Waals surface area contributed by atoms with Gasteiger partial charge >= 0.3 is 5.97 Å². The Bertz CT molecular complexity index is 328. The fourth-order valence-electron chi connectivity index (χ4n) is 2.47. The van der Waals surface area contributed by atoms with Crippen molar-refractivity contribution in [3.63, 3.8) is 0 Å². The highest BCUT2D eigenvalue weighted by atomic mass is 17.2. The van der Waals surface area contributed by atoms with E-state index in [1.54, 1.807) is 13.8 Å². The summed E-state index contributed by atoms with van der Waals surface area (Å²) in [6, 6.07) is 0. The maximum absolute atomic E-state index is 10.7. The molecule has 0 aliphatic heterocycles. The number of hydrogen-bond acceptors (Lipinski definition) is 6. The topological polar surface area (TPSA) is 85.2 Å². The first-order valence-electron chi connectivity index (χ1n) is 9.73. The summed E-state index contributed by atoms with van der Waals surface area (Å²) >= 11 is 0. The predicted octanol–water partition coefficient (Wildman–Crippen LogP) is 4.16. The van der Waals surface area contributed by atoms with Crippen LogP contribution in [0, 0.1) is 0 Å². The van der Waals surface area contributed by atoms with E-state index < -0.39 is 23.4 Å². The monoisotopic (exact) mass is 378 g/mol. The number of unbranched alkanes of at least 4 members (excludes halogenated alkanes) is 2. The Balaban J connectivity index is 0. The van der Waals surface area contributed by atoms with Crippen LogP contribution in [0.25, 0.3) is 0 Å². The SMILES string of the molecule is CC(O)CC(C)(C)OOC(C)(C)CC(C)O.CCCCCC(=O)OCC. The van der Waals surface area contributed by atoms with Gasteiger partial charge in [-0.05, 0) is 54.9 Å². The molecule has 0 saturated heterocycles. The number of esters is 1. The largest absolute Gasteiger partial charge is 0.466 e. The second-order valence-electron chi connectivity index (χ2n) is 8.05. The lowest BCUT2D eigenvalue weighted by Gasteiger charge is -2.31. The first-order chi connectivity index (χ1) is 11.8. The van der Waals surface area contributed by atoms with Crippen LogP contribution in [0.15, 0.2) is 0 Å². The number of aliphatic hydroxyl groups excluding tert-OH is 2. The van der Waals surface area contributed by atoms with Crippen LogP contribution in [0.2, 0.25) is 0 Å². The standard InChI is InChI=1S/C12H26O4.C8H16O2/c1-9(13)7-11(3,4)15-16-12(5,6)8-10(2)14;1-3-5-6-7-8(9)10-4-2/h9-10,13-14H,7-8H2,1-6H3;3-7H2,1-2H3. The van der Waals surface area contributed by atoms with Gasteiger partial charge in [0.15, 0.2) is 0 Å². The highest BCUT2D eigenvalue weighted by Crippen LogP contribution is 2.24. The molecule has 0 saturated carbocycles. The molecule has 0 aromatic carbocycles. The van der Waals surface area contributed by atoms with Crippen molar-refractivity contribution in [2.45, 2.75) is 117 Å². The summed E-state index contributed by atoms with van der Waals surface area (Å²) in [6.07, 6.45) is 3.96. The number of aliphatic hydroxyl groups is 2. The Morgan fingerprint density at radius 2 is 1.31 bits per heavy atom. The fraction of sp³-hybridized carbons (Fsp3) is 0.950. The van der Waals surface area contributed by atoms with Gasteiger partial charge in [-0.1, -0.05) is 19.8 Å².